The molecule has 3 rings (SSSR count). The van der Waals surface area contributed by atoms with Crippen LogP contribution in [0.25, 0.3) is 10.6 Å². The van der Waals surface area contributed by atoms with Crippen molar-refractivity contribution >= 4 is 51.2 Å². The van der Waals surface area contributed by atoms with E-state index in [-0.39, 0.29) is 18.2 Å². The molecule has 0 spiro atoms. The van der Waals surface area contributed by atoms with Gasteiger partial charge in [-0.15, -0.1) is 22.7 Å². The summed E-state index contributed by atoms with van der Waals surface area (Å²) >= 11 is 8.76. The van der Waals surface area contributed by atoms with E-state index in [1.165, 1.54) is 29.6 Å². The third kappa shape index (κ3) is 5.63. The van der Waals surface area contributed by atoms with Gasteiger partial charge in [0.25, 0.3) is 0 Å². The molecule has 0 saturated carbocycles. The van der Waals surface area contributed by atoms with E-state index in [0.717, 1.165) is 16.1 Å². The zero-order chi connectivity index (χ0) is 19.2. The predicted molar refractivity (Wildman–Crippen MR) is 111 cm³/mol. The van der Waals surface area contributed by atoms with E-state index in [4.69, 9.17) is 11.6 Å². The number of thiazole rings is 1. The van der Waals surface area contributed by atoms with Crippen LogP contribution in [0.3, 0.4) is 0 Å². The Kier molecular flexibility index (Phi) is 6.60. The SMILES string of the molecule is CC(=O)N(CCC(=O)Nc1nc(-c2ccc(Cl)s2)cs1)Cc1ccccc1. The number of carbonyl (C=O) groups excluding carboxylic acids is 2. The van der Waals surface area contributed by atoms with Crippen LogP contribution in [0.1, 0.15) is 18.9 Å². The second-order valence-corrected chi connectivity index (χ2v) is 8.44. The number of hydrogen-bond donors (Lipinski definition) is 1. The number of rotatable bonds is 7. The van der Waals surface area contributed by atoms with E-state index in [1.54, 1.807) is 4.90 Å². The van der Waals surface area contributed by atoms with Crippen molar-refractivity contribution in [1.82, 2.24) is 9.88 Å². The highest BCUT2D eigenvalue weighted by Crippen LogP contribution is 2.32. The number of amides is 2. The van der Waals surface area contributed by atoms with Crippen molar-refractivity contribution in [3.63, 3.8) is 0 Å². The molecule has 0 aliphatic rings. The fraction of sp³-hybridized carbons (Fsp3) is 0.211. The number of thiophene rings is 1. The van der Waals surface area contributed by atoms with Gasteiger partial charge in [-0.25, -0.2) is 4.98 Å². The van der Waals surface area contributed by atoms with Crippen molar-refractivity contribution in [2.24, 2.45) is 0 Å². The maximum Gasteiger partial charge on any atom is 0.227 e. The van der Waals surface area contributed by atoms with Crippen LogP contribution in [0.15, 0.2) is 47.8 Å². The maximum absolute atomic E-state index is 12.2. The molecule has 0 aliphatic carbocycles. The van der Waals surface area contributed by atoms with Crippen LogP contribution in [-0.4, -0.2) is 28.2 Å². The summed E-state index contributed by atoms with van der Waals surface area (Å²) < 4.78 is 0.700. The number of nitrogens with zero attached hydrogens (tertiary/aromatic N) is 2. The monoisotopic (exact) mass is 419 g/mol. The molecule has 140 valence electrons. The van der Waals surface area contributed by atoms with E-state index in [2.05, 4.69) is 10.3 Å². The van der Waals surface area contributed by atoms with Crippen LogP contribution in [0.2, 0.25) is 4.34 Å². The van der Waals surface area contributed by atoms with Crippen molar-refractivity contribution < 1.29 is 9.59 Å². The molecule has 0 bridgehead atoms. The van der Waals surface area contributed by atoms with Crippen LogP contribution in [0.4, 0.5) is 5.13 Å². The lowest BCUT2D eigenvalue weighted by Crippen LogP contribution is -2.31. The first-order valence-electron chi connectivity index (χ1n) is 8.32. The molecule has 27 heavy (non-hydrogen) atoms. The Morgan fingerprint density at radius 3 is 2.63 bits per heavy atom. The maximum atomic E-state index is 12.2. The lowest BCUT2D eigenvalue weighted by atomic mass is 10.2. The Balaban J connectivity index is 1.54. The molecule has 0 fully saturated rings. The van der Waals surface area contributed by atoms with Crippen LogP contribution in [0.5, 0.6) is 0 Å². The number of halogens is 1. The second kappa shape index (κ2) is 9.12. The first-order valence-corrected chi connectivity index (χ1v) is 10.4. The van der Waals surface area contributed by atoms with E-state index in [9.17, 15) is 9.59 Å². The summed E-state index contributed by atoms with van der Waals surface area (Å²) in [5.41, 5.74) is 1.83. The average Bonchev–Trinajstić information content (AvgIpc) is 3.28. The molecule has 3 aromatic rings. The van der Waals surface area contributed by atoms with E-state index < -0.39 is 0 Å². The van der Waals surface area contributed by atoms with Gasteiger partial charge in [-0.05, 0) is 17.7 Å². The third-order valence-corrected chi connectivity index (χ3v) is 5.86. The molecule has 2 amide bonds. The standard InChI is InChI=1S/C19H18ClN3O2S2/c1-13(24)23(11-14-5-3-2-4-6-14)10-9-18(25)22-19-21-15(12-26-19)16-7-8-17(20)27-16/h2-8,12H,9-11H2,1H3,(H,21,22,25). The summed E-state index contributed by atoms with van der Waals surface area (Å²) in [4.78, 5) is 31.1. The quantitative estimate of drug-likeness (QED) is 0.592. The first-order chi connectivity index (χ1) is 13.0. The van der Waals surface area contributed by atoms with Crippen LogP contribution in [-0.2, 0) is 16.1 Å². The van der Waals surface area contributed by atoms with Crippen LogP contribution in [0, 0.1) is 0 Å². The molecule has 0 saturated heterocycles. The van der Waals surface area contributed by atoms with Gasteiger partial charge in [-0.3, -0.25) is 9.59 Å². The minimum Gasteiger partial charge on any atom is -0.338 e. The molecular formula is C19H18ClN3O2S2. The molecule has 2 aromatic heterocycles. The molecule has 1 N–H and O–H groups in total. The number of aromatic nitrogens is 1. The van der Waals surface area contributed by atoms with Gasteiger partial charge in [0.2, 0.25) is 11.8 Å². The van der Waals surface area contributed by atoms with Gasteiger partial charge in [-0.2, -0.15) is 0 Å². The van der Waals surface area contributed by atoms with E-state index >= 15 is 0 Å². The van der Waals surface area contributed by atoms with Gasteiger partial charge in [0.05, 0.1) is 14.9 Å². The second-order valence-electron chi connectivity index (χ2n) is 5.87. The van der Waals surface area contributed by atoms with Gasteiger partial charge in [0.1, 0.15) is 0 Å². The third-order valence-electron chi connectivity index (χ3n) is 3.85. The Bertz CT molecular complexity index is 924. The Labute approximate surface area is 170 Å². The topological polar surface area (TPSA) is 62.3 Å². The van der Waals surface area contributed by atoms with Crippen molar-refractivity contribution in [2.75, 3.05) is 11.9 Å². The number of hydrogen-bond acceptors (Lipinski definition) is 5. The van der Waals surface area contributed by atoms with Crippen LogP contribution < -0.4 is 5.32 Å². The van der Waals surface area contributed by atoms with Crippen molar-refractivity contribution in [3.8, 4) is 10.6 Å². The molecule has 0 atom stereocenters. The summed E-state index contributed by atoms with van der Waals surface area (Å²) in [6.07, 6.45) is 0.214. The lowest BCUT2D eigenvalue weighted by molar-refractivity contribution is -0.129. The fourth-order valence-corrected chi connectivity index (χ4v) is 4.27. The number of nitrogens with one attached hydrogen (secondary N) is 1. The molecule has 0 unspecified atom stereocenters. The summed E-state index contributed by atoms with van der Waals surface area (Å²) in [5, 5.41) is 5.22. The highest BCUT2D eigenvalue weighted by Gasteiger charge is 2.14. The molecular weight excluding hydrogens is 402 g/mol. The predicted octanol–water partition coefficient (Wildman–Crippen LogP) is 4.90. The van der Waals surface area contributed by atoms with Gasteiger partial charge in [0, 0.05) is 31.8 Å². The summed E-state index contributed by atoms with van der Waals surface area (Å²) in [5.74, 6) is -0.225. The van der Waals surface area contributed by atoms with Crippen molar-refractivity contribution in [1.29, 1.82) is 0 Å². The minimum atomic E-state index is -0.167. The summed E-state index contributed by atoms with van der Waals surface area (Å²) in [6, 6.07) is 13.4. The van der Waals surface area contributed by atoms with E-state index in [0.29, 0.717) is 22.6 Å². The number of carbonyl (C=O) groups is 2. The number of benzene rings is 1. The Hall–Kier alpha value is -2.22. The van der Waals surface area contributed by atoms with Gasteiger partial charge in [-0.1, -0.05) is 41.9 Å². The highest BCUT2D eigenvalue weighted by atomic mass is 35.5. The fourth-order valence-electron chi connectivity index (χ4n) is 2.47. The molecule has 1 aromatic carbocycles. The summed E-state index contributed by atoms with van der Waals surface area (Å²) in [7, 11) is 0. The lowest BCUT2D eigenvalue weighted by Gasteiger charge is -2.20. The zero-order valence-corrected chi connectivity index (χ0v) is 17.0. The normalized spacial score (nSPS) is 10.6. The minimum absolute atomic E-state index is 0.0576. The zero-order valence-electron chi connectivity index (χ0n) is 14.6. The number of anilines is 1. The largest absolute Gasteiger partial charge is 0.338 e. The highest BCUT2D eigenvalue weighted by molar-refractivity contribution is 7.20. The van der Waals surface area contributed by atoms with Gasteiger partial charge >= 0.3 is 0 Å². The molecule has 5 nitrogen and oxygen atoms in total. The molecule has 8 heteroatoms. The van der Waals surface area contributed by atoms with Crippen molar-refractivity contribution in [2.45, 2.75) is 19.9 Å². The molecule has 0 aliphatic heterocycles. The first kappa shape index (κ1) is 19.5. The Morgan fingerprint density at radius 1 is 1.19 bits per heavy atom. The van der Waals surface area contributed by atoms with Gasteiger partial charge < -0.3 is 10.2 Å². The van der Waals surface area contributed by atoms with Crippen molar-refractivity contribution in [3.05, 3.63) is 57.7 Å². The van der Waals surface area contributed by atoms with Crippen LogP contribution >= 0.6 is 34.3 Å². The van der Waals surface area contributed by atoms with Gasteiger partial charge in [0.15, 0.2) is 5.13 Å². The molecule has 0 radical (unpaired) electrons. The van der Waals surface area contributed by atoms with E-state index in [1.807, 2.05) is 47.8 Å². The Morgan fingerprint density at radius 2 is 1.96 bits per heavy atom. The molecule has 2 heterocycles. The smallest absolute Gasteiger partial charge is 0.227 e. The summed E-state index contributed by atoms with van der Waals surface area (Å²) in [6.45, 7) is 2.36. The average molecular weight is 420 g/mol.